The van der Waals surface area contributed by atoms with E-state index in [0.29, 0.717) is 45.4 Å². The summed E-state index contributed by atoms with van der Waals surface area (Å²) in [7, 11) is 0. The average molecular weight is 623 g/mol. The number of para-hydroxylation sites is 1. The zero-order valence-corrected chi connectivity index (χ0v) is 25.6. The summed E-state index contributed by atoms with van der Waals surface area (Å²) in [5, 5.41) is 21.1. The van der Waals surface area contributed by atoms with Gasteiger partial charge in [-0.15, -0.1) is 5.10 Å². The number of thiazole rings is 1. The number of nitrogens with zero attached hydrogens (tertiary/aromatic N) is 6. The molecule has 11 nitrogen and oxygen atoms in total. The predicted molar refractivity (Wildman–Crippen MR) is 173 cm³/mol. The zero-order chi connectivity index (χ0) is 31.3. The van der Waals surface area contributed by atoms with Gasteiger partial charge in [0.2, 0.25) is 4.96 Å². The van der Waals surface area contributed by atoms with Crippen molar-refractivity contribution in [2.45, 2.75) is 33.1 Å². The second-order valence-corrected chi connectivity index (χ2v) is 11.2. The molecule has 0 radical (unpaired) electrons. The van der Waals surface area contributed by atoms with E-state index in [9.17, 15) is 14.9 Å². The Morgan fingerprint density at radius 1 is 0.956 bits per heavy atom. The van der Waals surface area contributed by atoms with Crippen LogP contribution in [0.3, 0.4) is 0 Å². The third-order valence-corrected chi connectivity index (χ3v) is 8.05. The van der Waals surface area contributed by atoms with Crippen LogP contribution < -0.4 is 19.6 Å². The van der Waals surface area contributed by atoms with Crippen molar-refractivity contribution >= 4 is 28.1 Å². The van der Waals surface area contributed by atoms with Crippen molar-refractivity contribution in [3.05, 3.63) is 110 Å². The summed E-state index contributed by atoms with van der Waals surface area (Å²) in [6, 6.07) is 21.7. The highest BCUT2D eigenvalue weighted by atomic mass is 32.1. The highest BCUT2D eigenvalue weighted by Gasteiger charge is 2.20. The van der Waals surface area contributed by atoms with E-state index in [2.05, 4.69) is 17.0 Å². The molecule has 0 saturated carbocycles. The molecule has 0 fully saturated rings. The molecule has 0 spiro atoms. The molecule has 3 aromatic carbocycles. The number of unbranched alkanes of at least 4 members (excludes halogenated alkanes) is 2. The lowest BCUT2D eigenvalue weighted by Gasteiger charge is -2.06. The van der Waals surface area contributed by atoms with Gasteiger partial charge in [0.05, 0.1) is 28.4 Å². The monoisotopic (exact) mass is 622 g/mol. The summed E-state index contributed by atoms with van der Waals surface area (Å²) < 4.78 is 14.6. The Morgan fingerprint density at radius 3 is 2.44 bits per heavy atom. The zero-order valence-electron chi connectivity index (χ0n) is 24.8. The molecule has 0 bridgehead atoms. The molecule has 0 saturated heterocycles. The van der Waals surface area contributed by atoms with Crippen LogP contribution >= 0.6 is 11.3 Å². The first kappa shape index (κ1) is 29.7. The SMILES string of the molecule is CCCCCOc1ccc(-c2nc3s/c(=C\c4cn(-c5ccccc5)nc4-c4ccc(OCC)c([N+](=O)[O-])c4)c(=O)n3n2)cc1. The summed E-state index contributed by atoms with van der Waals surface area (Å²) in [4.78, 5) is 29.9. The fourth-order valence-corrected chi connectivity index (χ4v) is 5.75. The Labute approximate surface area is 262 Å². The lowest BCUT2D eigenvalue weighted by molar-refractivity contribution is -0.385. The van der Waals surface area contributed by atoms with E-state index in [0.717, 1.165) is 36.3 Å². The quantitative estimate of drug-likeness (QED) is 0.0911. The molecule has 6 aromatic rings. The van der Waals surface area contributed by atoms with E-state index in [1.54, 1.807) is 36.0 Å². The molecule has 0 unspecified atom stereocenters. The standard InChI is InChI=1S/C33H30N6O5S/c1-3-5-9-18-44-26-15-12-22(13-16-26)31-34-33-38(36-31)32(40)29(45-33)20-24-21-37(25-10-7-6-8-11-25)35-30(24)23-14-17-28(43-4-2)27(19-23)39(41)42/h6-8,10-17,19-21H,3-5,9,18H2,1-2H3/b29-20-. The van der Waals surface area contributed by atoms with Crippen LogP contribution in [0.15, 0.2) is 83.8 Å². The van der Waals surface area contributed by atoms with Gasteiger partial charge in [0.15, 0.2) is 11.6 Å². The molecule has 0 aliphatic heterocycles. The van der Waals surface area contributed by atoms with E-state index >= 15 is 0 Å². The fourth-order valence-electron chi connectivity index (χ4n) is 4.85. The van der Waals surface area contributed by atoms with Gasteiger partial charge >= 0.3 is 5.69 Å². The highest BCUT2D eigenvalue weighted by Crippen LogP contribution is 2.34. The second-order valence-electron chi connectivity index (χ2n) is 10.2. The Bertz CT molecular complexity index is 2070. The first-order valence-corrected chi connectivity index (χ1v) is 15.5. The molecule has 3 heterocycles. The van der Waals surface area contributed by atoms with E-state index in [4.69, 9.17) is 14.6 Å². The lowest BCUT2D eigenvalue weighted by Crippen LogP contribution is -2.23. The van der Waals surface area contributed by atoms with E-state index in [-0.39, 0.29) is 17.0 Å². The number of nitro groups is 1. The van der Waals surface area contributed by atoms with Gasteiger partial charge in [-0.2, -0.15) is 14.6 Å². The van der Waals surface area contributed by atoms with Crippen LogP contribution in [0.5, 0.6) is 11.5 Å². The van der Waals surface area contributed by atoms with Crippen LogP contribution in [0.4, 0.5) is 5.69 Å². The van der Waals surface area contributed by atoms with E-state index in [1.807, 2.05) is 54.6 Å². The van der Waals surface area contributed by atoms with Crippen LogP contribution in [0.2, 0.25) is 0 Å². The Kier molecular flexibility index (Phi) is 8.65. The van der Waals surface area contributed by atoms with Crippen molar-refractivity contribution in [1.29, 1.82) is 0 Å². The summed E-state index contributed by atoms with van der Waals surface area (Å²) in [6.07, 6.45) is 6.79. The molecule has 0 aliphatic rings. The summed E-state index contributed by atoms with van der Waals surface area (Å²) in [6.45, 7) is 4.89. The van der Waals surface area contributed by atoms with Crippen LogP contribution in [-0.4, -0.2) is 42.5 Å². The van der Waals surface area contributed by atoms with Gasteiger partial charge in [-0.3, -0.25) is 14.9 Å². The fraction of sp³-hybridized carbons (Fsp3) is 0.212. The normalized spacial score (nSPS) is 11.7. The minimum atomic E-state index is -0.479. The highest BCUT2D eigenvalue weighted by molar-refractivity contribution is 7.15. The Hall–Kier alpha value is -5.36. The largest absolute Gasteiger partial charge is 0.494 e. The number of rotatable bonds is 12. The average Bonchev–Trinajstić information content (AvgIpc) is 3.75. The van der Waals surface area contributed by atoms with Gasteiger partial charge in [-0.05, 0) is 68.0 Å². The first-order chi connectivity index (χ1) is 21.9. The number of aromatic nitrogens is 5. The van der Waals surface area contributed by atoms with Crippen LogP contribution in [0, 0.1) is 10.1 Å². The Balaban J connectivity index is 1.37. The van der Waals surface area contributed by atoms with Crippen LogP contribution in [0.25, 0.3) is 39.4 Å². The Morgan fingerprint density at radius 2 is 1.73 bits per heavy atom. The molecule has 0 atom stereocenters. The number of benzene rings is 3. The third-order valence-electron chi connectivity index (χ3n) is 7.09. The van der Waals surface area contributed by atoms with Gasteiger partial charge < -0.3 is 9.47 Å². The number of fused-ring (bicyclic) bond motifs is 1. The molecule has 45 heavy (non-hydrogen) atoms. The maximum absolute atomic E-state index is 13.5. The predicted octanol–water partition coefficient (Wildman–Crippen LogP) is 6.09. The molecule has 0 aliphatic carbocycles. The second kappa shape index (κ2) is 13.1. The molecule has 228 valence electrons. The molecule has 0 N–H and O–H groups in total. The molecular formula is C33H30N6O5S. The summed E-state index contributed by atoms with van der Waals surface area (Å²) in [5.74, 6) is 1.40. The first-order valence-electron chi connectivity index (χ1n) is 14.7. The van der Waals surface area contributed by atoms with Crippen molar-refractivity contribution in [1.82, 2.24) is 24.4 Å². The van der Waals surface area contributed by atoms with Gasteiger partial charge in [-0.25, -0.2) is 4.68 Å². The number of ether oxygens (including phenoxy) is 2. The molecule has 3 aromatic heterocycles. The van der Waals surface area contributed by atoms with Crippen LogP contribution in [0.1, 0.15) is 38.7 Å². The topological polar surface area (TPSA) is 127 Å². The minimum Gasteiger partial charge on any atom is -0.494 e. The minimum absolute atomic E-state index is 0.165. The van der Waals surface area contributed by atoms with Gasteiger partial charge in [-0.1, -0.05) is 49.3 Å². The van der Waals surface area contributed by atoms with E-state index in [1.165, 1.54) is 21.9 Å². The maximum atomic E-state index is 13.5. The lowest BCUT2D eigenvalue weighted by atomic mass is 10.1. The number of nitro benzene ring substituents is 1. The molecule has 12 heteroatoms. The smallest absolute Gasteiger partial charge is 0.311 e. The molecule has 0 amide bonds. The van der Waals surface area contributed by atoms with Crippen molar-refractivity contribution in [2.75, 3.05) is 13.2 Å². The van der Waals surface area contributed by atoms with Crippen molar-refractivity contribution in [2.24, 2.45) is 0 Å². The number of hydrogen-bond acceptors (Lipinski definition) is 9. The van der Waals surface area contributed by atoms with Gasteiger partial charge in [0.1, 0.15) is 11.4 Å². The van der Waals surface area contributed by atoms with Crippen molar-refractivity contribution in [3.8, 4) is 39.8 Å². The van der Waals surface area contributed by atoms with Crippen LogP contribution in [-0.2, 0) is 0 Å². The molecular weight excluding hydrogens is 592 g/mol. The summed E-state index contributed by atoms with van der Waals surface area (Å²) in [5.41, 5.74) is 2.68. The maximum Gasteiger partial charge on any atom is 0.311 e. The van der Waals surface area contributed by atoms with Gasteiger partial charge in [0.25, 0.3) is 5.56 Å². The van der Waals surface area contributed by atoms with Crippen molar-refractivity contribution < 1.29 is 14.4 Å². The summed E-state index contributed by atoms with van der Waals surface area (Å²) >= 11 is 1.21. The van der Waals surface area contributed by atoms with Crippen molar-refractivity contribution in [3.63, 3.8) is 0 Å². The van der Waals surface area contributed by atoms with Gasteiger partial charge in [0, 0.05) is 29.0 Å². The number of hydrogen-bond donors (Lipinski definition) is 0. The van der Waals surface area contributed by atoms with E-state index < -0.39 is 4.92 Å². The molecule has 6 rings (SSSR count). The third kappa shape index (κ3) is 6.31.